The topological polar surface area (TPSA) is 96.7 Å². The van der Waals surface area contributed by atoms with Gasteiger partial charge in [0.1, 0.15) is 11.4 Å². The largest absolute Gasteiger partial charge is 0.495 e. The van der Waals surface area contributed by atoms with Crippen LogP contribution >= 0.6 is 0 Å². The smallest absolute Gasteiger partial charge is 0.223 e. The van der Waals surface area contributed by atoms with Crippen molar-refractivity contribution in [3.8, 4) is 34.1 Å². The second-order valence-corrected chi connectivity index (χ2v) is 7.45. The van der Waals surface area contributed by atoms with E-state index in [2.05, 4.69) is 25.4 Å². The van der Waals surface area contributed by atoms with Crippen LogP contribution in [0.3, 0.4) is 0 Å². The van der Waals surface area contributed by atoms with Crippen LogP contribution in [0, 0.1) is 13.8 Å². The van der Waals surface area contributed by atoms with Crippen molar-refractivity contribution in [2.45, 2.75) is 20.4 Å². The number of imidazole rings is 1. The van der Waals surface area contributed by atoms with E-state index in [-0.39, 0.29) is 0 Å². The second kappa shape index (κ2) is 8.10. The predicted molar refractivity (Wildman–Crippen MR) is 117 cm³/mol. The molecule has 32 heavy (non-hydrogen) atoms. The molecule has 0 aliphatic heterocycles. The first-order chi connectivity index (χ1) is 15.6. The highest BCUT2D eigenvalue weighted by Gasteiger charge is 2.12. The summed E-state index contributed by atoms with van der Waals surface area (Å²) in [5.74, 6) is 1.84. The Kier molecular flexibility index (Phi) is 4.98. The van der Waals surface area contributed by atoms with E-state index in [0.717, 1.165) is 39.5 Å². The van der Waals surface area contributed by atoms with Gasteiger partial charge in [-0.3, -0.25) is 0 Å². The lowest BCUT2D eigenvalue weighted by molar-refractivity contribution is 0.394. The molecule has 5 aromatic rings. The van der Waals surface area contributed by atoms with Gasteiger partial charge in [-0.2, -0.15) is 4.98 Å². The van der Waals surface area contributed by atoms with Crippen LogP contribution in [0.5, 0.6) is 5.75 Å². The van der Waals surface area contributed by atoms with Gasteiger partial charge in [-0.25, -0.2) is 9.67 Å². The van der Waals surface area contributed by atoms with E-state index in [0.29, 0.717) is 18.3 Å². The van der Waals surface area contributed by atoms with Crippen molar-refractivity contribution in [2.24, 2.45) is 0 Å². The molecule has 0 amide bonds. The molecule has 0 N–H and O–H groups in total. The lowest BCUT2D eigenvalue weighted by atomic mass is 10.1. The van der Waals surface area contributed by atoms with Crippen LogP contribution in [0.1, 0.15) is 17.1 Å². The van der Waals surface area contributed by atoms with Crippen LogP contribution in [0.4, 0.5) is 0 Å². The zero-order valence-corrected chi connectivity index (χ0v) is 17.9. The summed E-state index contributed by atoms with van der Waals surface area (Å²) in [4.78, 5) is 8.58. The zero-order valence-electron chi connectivity index (χ0n) is 17.9. The molecule has 3 heterocycles. The molecule has 9 nitrogen and oxygen atoms in total. The lowest BCUT2D eigenvalue weighted by Gasteiger charge is -2.10. The third kappa shape index (κ3) is 3.87. The SMILES string of the molecule is COc1cc(-c2cn(Cc3cccc(-c4noc(C)n4)c3)nn2)ccc1-n1cnc(C)c1. The maximum atomic E-state index is 5.61. The average Bonchev–Trinajstić information content (AvgIpc) is 3.55. The number of hydrogen-bond acceptors (Lipinski definition) is 7. The predicted octanol–water partition coefficient (Wildman–Crippen LogP) is 3.85. The minimum Gasteiger partial charge on any atom is -0.495 e. The van der Waals surface area contributed by atoms with Gasteiger partial charge < -0.3 is 13.8 Å². The molecule has 9 heteroatoms. The zero-order chi connectivity index (χ0) is 22.1. The second-order valence-electron chi connectivity index (χ2n) is 7.45. The summed E-state index contributed by atoms with van der Waals surface area (Å²) in [6.07, 6.45) is 5.64. The molecule has 5 rings (SSSR count). The van der Waals surface area contributed by atoms with Gasteiger partial charge in [0.25, 0.3) is 0 Å². The summed E-state index contributed by atoms with van der Waals surface area (Å²) >= 11 is 0. The Bertz CT molecular complexity index is 1380. The van der Waals surface area contributed by atoms with Gasteiger partial charge in [0.15, 0.2) is 0 Å². The minimum absolute atomic E-state index is 0.538. The molecular formula is C23H21N7O2. The first-order valence-corrected chi connectivity index (χ1v) is 10.1. The lowest BCUT2D eigenvalue weighted by Crippen LogP contribution is -2.00. The number of aryl methyl sites for hydroxylation is 2. The highest BCUT2D eigenvalue weighted by molar-refractivity contribution is 5.64. The number of methoxy groups -OCH3 is 1. The first kappa shape index (κ1) is 19.7. The van der Waals surface area contributed by atoms with E-state index in [1.54, 1.807) is 25.0 Å². The average molecular weight is 427 g/mol. The van der Waals surface area contributed by atoms with Crippen LogP contribution in [0.25, 0.3) is 28.3 Å². The third-order valence-corrected chi connectivity index (χ3v) is 5.06. The Morgan fingerprint density at radius 2 is 1.94 bits per heavy atom. The summed E-state index contributed by atoms with van der Waals surface area (Å²) in [6.45, 7) is 4.30. The Labute approximate surface area is 184 Å². The normalized spacial score (nSPS) is 11.1. The summed E-state index contributed by atoms with van der Waals surface area (Å²) in [6, 6.07) is 13.9. The Hall–Kier alpha value is -4.27. The van der Waals surface area contributed by atoms with Gasteiger partial charge in [-0.15, -0.1) is 5.10 Å². The van der Waals surface area contributed by atoms with Gasteiger partial charge in [0.2, 0.25) is 11.7 Å². The highest BCUT2D eigenvalue weighted by atomic mass is 16.5. The quantitative estimate of drug-likeness (QED) is 0.406. The fraction of sp³-hybridized carbons (Fsp3) is 0.174. The van der Waals surface area contributed by atoms with E-state index >= 15 is 0 Å². The van der Waals surface area contributed by atoms with Crippen LogP contribution < -0.4 is 4.74 Å². The van der Waals surface area contributed by atoms with Gasteiger partial charge in [0.05, 0.1) is 37.6 Å². The van der Waals surface area contributed by atoms with E-state index in [1.165, 1.54) is 0 Å². The molecule has 0 saturated heterocycles. The summed E-state index contributed by atoms with van der Waals surface area (Å²) < 4.78 is 14.4. The molecule has 0 aliphatic rings. The summed E-state index contributed by atoms with van der Waals surface area (Å²) in [5.41, 5.74) is 5.50. The number of aromatic nitrogens is 7. The monoisotopic (exact) mass is 427 g/mol. The molecule has 0 atom stereocenters. The van der Waals surface area contributed by atoms with Gasteiger partial charge >= 0.3 is 0 Å². The van der Waals surface area contributed by atoms with Crippen molar-refractivity contribution >= 4 is 0 Å². The number of hydrogen-bond donors (Lipinski definition) is 0. The molecule has 0 spiro atoms. The fourth-order valence-electron chi connectivity index (χ4n) is 3.52. The van der Waals surface area contributed by atoms with E-state index in [4.69, 9.17) is 9.26 Å². The fourth-order valence-corrected chi connectivity index (χ4v) is 3.52. The standard InChI is InChI=1S/C23H21N7O2/c1-15-11-29(14-24-15)21-8-7-18(10-22(21)31-3)20-13-30(28-26-20)12-17-5-4-6-19(9-17)23-25-16(2)32-27-23/h4-11,13-14H,12H2,1-3H3. The minimum atomic E-state index is 0.538. The molecular weight excluding hydrogens is 406 g/mol. The van der Waals surface area contributed by atoms with E-state index in [9.17, 15) is 0 Å². The van der Waals surface area contributed by atoms with E-state index in [1.807, 2.05) is 66.3 Å². The number of rotatable bonds is 6. The number of ether oxygens (including phenoxy) is 1. The van der Waals surface area contributed by atoms with Crippen LogP contribution in [0.15, 0.2) is 65.7 Å². The van der Waals surface area contributed by atoms with Crippen molar-refractivity contribution in [3.05, 3.63) is 78.3 Å². The van der Waals surface area contributed by atoms with Crippen LogP contribution in [-0.4, -0.2) is 41.8 Å². The van der Waals surface area contributed by atoms with Crippen molar-refractivity contribution in [1.29, 1.82) is 0 Å². The Morgan fingerprint density at radius 3 is 2.69 bits per heavy atom. The van der Waals surface area contributed by atoms with Crippen molar-refractivity contribution < 1.29 is 9.26 Å². The molecule has 160 valence electrons. The van der Waals surface area contributed by atoms with Gasteiger partial charge in [-0.1, -0.05) is 34.6 Å². The third-order valence-electron chi connectivity index (χ3n) is 5.06. The molecule has 0 bridgehead atoms. The molecule has 0 radical (unpaired) electrons. The number of benzene rings is 2. The molecule has 0 saturated carbocycles. The van der Waals surface area contributed by atoms with Crippen LogP contribution in [-0.2, 0) is 6.54 Å². The Balaban J connectivity index is 1.38. The van der Waals surface area contributed by atoms with Crippen molar-refractivity contribution in [2.75, 3.05) is 7.11 Å². The van der Waals surface area contributed by atoms with Crippen molar-refractivity contribution in [3.63, 3.8) is 0 Å². The van der Waals surface area contributed by atoms with Crippen LogP contribution in [0.2, 0.25) is 0 Å². The maximum Gasteiger partial charge on any atom is 0.223 e. The summed E-state index contributed by atoms with van der Waals surface area (Å²) in [5, 5.41) is 12.6. The summed E-state index contributed by atoms with van der Waals surface area (Å²) in [7, 11) is 1.65. The number of nitrogens with zero attached hydrogens (tertiary/aromatic N) is 7. The molecule has 3 aromatic heterocycles. The molecule has 2 aromatic carbocycles. The first-order valence-electron chi connectivity index (χ1n) is 10.1. The highest BCUT2D eigenvalue weighted by Crippen LogP contribution is 2.29. The molecule has 0 unspecified atom stereocenters. The van der Waals surface area contributed by atoms with E-state index < -0.39 is 0 Å². The molecule has 0 aliphatic carbocycles. The molecule has 0 fully saturated rings. The van der Waals surface area contributed by atoms with Gasteiger partial charge in [0, 0.05) is 24.2 Å². The van der Waals surface area contributed by atoms with Gasteiger partial charge in [-0.05, 0) is 30.7 Å². The van der Waals surface area contributed by atoms with Crippen molar-refractivity contribution in [1.82, 2.24) is 34.7 Å². The maximum absolute atomic E-state index is 5.61. The Morgan fingerprint density at radius 1 is 1.03 bits per heavy atom.